The Morgan fingerprint density at radius 3 is 3.14 bits per heavy atom. The smallest absolute Gasteiger partial charge is 0.271 e. The Kier molecular flexibility index (Phi) is 3.81. The zero-order valence-electron chi connectivity index (χ0n) is 11.2. The monoisotopic (exact) mass is 286 g/mol. The quantitative estimate of drug-likeness (QED) is 0.676. The van der Waals surface area contributed by atoms with E-state index in [9.17, 15) is 4.79 Å². The summed E-state index contributed by atoms with van der Waals surface area (Å²) < 4.78 is 9.97. The van der Waals surface area contributed by atoms with Gasteiger partial charge in [-0.05, 0) is 25.0 Å². The molecular formula is C14H14N4O3. The minimum absolute atomic E-state index is 0.214. The highest BCUT2D eigenvalue weighted by molar-refractivity contribution is 5.93. The van der Waals surface area contributed by atoms with Gasteiger partial charge in [0.25, 0.3) is 5.91 Å². The summed E-state index contributed by atoms with van der Waals surface area (Å²) in [5.41, 5.74) is 2.03. The minimum Gasteiger partial charge on any atom is -0.463 e. The third-order valence-corrected chi connectivity index (χ3v) is 3.01. The van der Waals surface area contributed by atoms with Gasteiger partial charge in [0.05, 0.1) is 12.5 Å². The number of furan rings is 1. The number of aromatic nitrogens is 3. The molecule has 2 N–H and O–H groups in total. The van der Waals surface area contributed by atoms with E-state index in [1.54, 1.807) is 36.9 Å². The first kappa shape index (κ1) is 13.2. The third-order valence-electron chi connectivity index (χ3n) is 3.01. The Morgan fingerprint density at radius 1 is 1.43 bits per heavy atom. The predicted molar refractivity (Wildman–Crippen MR) is 73.4 cm³/mol. The van der Waals surface area contributed by atoms with E-state index in [1.807, 2.05) is 0 Å². The first-order chi connectivity index (χ1) is 10.3. The molecule has 0 spiro atoms. The van der Waals surface area contributed by atoms with E-state index in [0.29, 0.717) is 23.7 Å². The first-order valence-corrected chi connectivity index (χ1v) is 6.58. The lowest BCUT2D eigenvalue weighted by Gasteiger charge is -2.01. The van der Waals surface area contributed by atoms with Crippen molar-refractivity contribution >= 4 is 5.91 Å². The SMILES string of the molecule is O=C(NCCCc1cnoc1)c1cc(-c2ccco2)[nH]n1. The summed E-state index contributed by atoms with van der Waals surface area (Å²) in [6.07, 6.45) is 6.46. The number of aryl methyl sites for hydroxylation is 1. The van der Waals surface area contributed by atoms with E-state index in [-0.39, 0.29) is 5.91 Å². The molecule has 0 saturated heterocycles. The summed E-state index contributed by atoms with van der Waals surface area (Å²) in [5, 5.41) is 13.2. The maximum atomic E-state index is 11.9. The van der Waals surface area contributed by atoms with Crippen LogP contribution in [0.4, 0.5) is 0 Å². The van der Waals surface area contributed by atoms with Crippen molar-refractivity contribution in [2.75, 3.05) is 6.54 Å². The van der Waals surface area contributed by atoms with Crippen molar-refractivity contribution in [1.82, 2.24) is 20.7 Å². The normalized spacial score (nSPS) is 10.7. The molecule has 0 bridgehead atoms. The number of nitrogens with zero attached hydrogens (tertiary/aromatic N) is 2. The van der Waals surface area contributed by atoms with E-state index >= 15 is 0 Å². The number of carbonyl (C=O) groups excluding carboxylic acids is 1. The maximum absolute atomic E-state index is 11.9. The highest BCUT2D eigenvalue weighted by atomic mass is 16.5. The van der Waals surface area contributed by atoms with E-state index in [0.717, 1.165) is 18.4 Å². The fraction of sp³-hybridized carbons (Fsp3) is 0.214. The van der Waals surface area contributed by atoms with Gasteiger partial charge in [0.1, 0.15) is 12.0 Å². The van der Waals surface area contributed by atoms with Crippen molar-refractivity contribution in [3.63, 3.8) is 0 Å². The Bertz CT molecular complexity index is 686. The van der Waals surface area contributed by atoms with Crippen LogP contribution >= 0.6 is 0 Å². The summed E-state index contributed by atoms with van der Waals surface area (Å²) in [6.45, 7) is 0.562. The second kappa shape index (κ2) is 6.08. The van der Waals surface area contributed by atoms with Gasteiger partial charge in [-0.3, -0.25) is 9.89 Å². The van der Waals surface area contributed by atoms with Gasteiger partial charge >= 0.3 is 0 Å². The summed E-state index contributed by atoms with van der Waals surface area (Å²) >= 11 is 0. The van der Waals surface area contributed by atoms with Gasteiger partial charge in [-0.2, -0.15) is 5.10 Å². The average molecular weight is 286 g/mol. The maximum Gasteiger partial charge on any atom is 0.271 e. The van der Waals surface area contributed by atoms with E-state index in [1.165, 1.54) is 0 Å². The van der Waals surface area contributed by atoms with Gasteiger partial charge in [0.15, 0.2) is 11.5 Å². The lowest BCUT2D eigenvalue weighted by Crippen LogP contribution is -2.25. The van der Waals surface area contributed by atoms with Crippen molar-refractivity contribution in [1.29, 1.82) is 0 Å². The minimum atomic E-state index is -0.214. The second-order valence-electron chi connectivity index (χ2n) is 4.54. The third kappa shape index (κ3) is 3.19. The standard InChI is InChI=1S/C14H14N4O3/c19-14(15-5-1-3-10-8-16-21-9-10)12-7-11(17-18-12)13-4-2-6-20-13/h2,4,6-9H,1,3,5H2,(H,15,19)(H,17,18). The van der Waals surface area contributed by atoms with Gasteiger partial charge in [-0.1, -0.05) is 5.16 Å². The number of nitrogens with one attached hydrogen (secondary N) is 2. The van der Waals surface area contributed by atoms with E-state index in [4.69, 9.17) is 8.94 Å². The Balaban J connectivity index is 1.49. The molecule has 108 valence electrons. The molecule has 0 radical (unpaired) electrons. The molecule has 21 heavy (non-hydrogen) atoms. The molecule has 3 heterocycles. The zero-order chi connectivity index (χ0) is 14.5. The van der Waals surface area contributed by atoms with Crippen molar-refractivity contribution in [2.45, 2.75) is 12.8 Å². The molecule has 3 aromatic heterocycles. The molecule has 0 atom stereocenters. The summed E-state index contributed by atoms with van der Waals surface area (Å²) in [6, 6.07) is 5.24. The first-order valence-electron chi connectivity index (χ1n) is 6.58. The zero-order valence-corrected chi connectivity index (χ0v) is 11.2. The molecule has 1 amide bonds. The number of H-pyrrole nitrogens is 1. The van der Waals surface area contributed by atoms with Gasteiger partial charge in [0, 0.05) is 18.2 Å². The van der Waals surface area contributed by atoms with Crippen LogP contribution in [0, 0.1) is 0 Å². The highest BCUT2D eigenvalue weighted by Gasteiger charge is 2.12. The van der Waals surface area contributed by atoms with Gasteiger partial charge in [-0.15, -0.1) is 0 Å². The van der Waals surface area contributed by atoms with Crippen LogP contribution in [0.15, 0.2) is 45.9 Å². The van der Waals surface area contributed by atoms with Crippen LogP contribution in [0.3, 0.4) is 0 Å². The topological polar surface area (TPSA) is 97.0 Å². The number of carbonyl (C=O) groups is 1. The van der Waals surface area contributed by atoms with Crippen LogP contribution in [0.5, 0.6) is 0 Å². The predicted octanol–water partition coefficient (Wildman–Crippen LogP) is 2.02. The summed E-state index contributed by atoms with van der Waals surface area (Å²) in [7, 11) is 0. The molecule has 0 aliphatic rings. The molecule has 0 aliphatic heterocycles. The highest BCUT2D eigenvalue weighted by Crippen LogP contribution is 2.17. The molecule has 0 fully saturated rings. The lowest BCUT2D eigenvalue weighted by molar-refractivity contribution is 0.0948. The van der Waals surface area contributed by atoms with Gasteiger partial charge < -0.3 is 14.3 Å². The number of hydrogen-bond acceptors (Lipinski definition) is 5. The van der Waals surface area contributed by atoms with E-state index < -0.39 is 0 Å². The Hall–Kier alpha value is -2.83. The van der Waals surface area contributed by atoms with Gasteiger partial charge in [-0.25, -0.2) is 0 Å². The molecule has 0 saturated carbocycles. The van der Waals surface area contributed by atoms with Crippen molar-refractivity contribution in [2.24, 2.45) is 0 Å². The second-order valence-corrected chi connectivity index (χ2v) is 4.54. The number of hydrogen-bond donors (Lipinski definition) is 2. The molecule has 0 aliphatic carbocycles. The van der Waals surface area contributed by atoms with Crippen LogP contribution in [0.2, 0.25) is 0 Å². The molecule has 3 rings (SSSR count). The number of amides is 1. The van der Waals surface area contributed by atoms with Crippen molar-refractivity contribution in [3.05, 3.63) is 48.2 Å². The lowest BCUT2D eigenvalue weighted by atomic mass is 10.2. The van der Waals surface area contributed by atoms with Gasteiger partial charge in [0.2, 0.25) is 0 Å². The van der Waals surface area contributed by atoms with E-state index in [2.05, 4.69) is 20.7 Å². The molecule has 0 aromatic carbocycles. The van der Waals surface area contributed by atoms with Crippen LogP contribution in [0.1, 0.15) is 22.5 Å². The molecule has 7 nitrogen and oxygen atoms in total. The average Bonchev–Trinajstić information content (AvgIpc) is 3.25. The largest absolute Gasteiger partial charge is 0.463 e. The Morgan fingerprint density at radius 2 is 2.38 bits per heavy atom. The van der Waals surface area contributed by atoms with Crippen LogP contribution < -0.4 is 5.32 Å². The van der Waals surface area contributed by atoms with Crippen LogP contribution in [-0.4, -0.2) is 27.8 Å². The molecular weight excluding hydrogens is 272 g/mol. The Labute approximate surface area is 120 Å². The summed E-state index contributed by atoms with van der Waals surface area (Å²) in [4.78, 5) is 11.9. The fourth-order valence-electron chi connectivity index (χ4n) is 1.93. The summed E-state index contributed by atoms with van der Waals surface area (Å²) in [5.74, 6) is 0.434. The van der Waals surface area contributed by atoms with Crippen molar-refractivity contribution < 1.29 is 13.7 Å². The van der Waals surface area contributed by atoms with Crippen LogP contribution in [-0.2, 0) is 6.42 Å². The fourth-order valence-corrected chi connectivity index (χ4v) is 1.93. The molecule has 0 unspecified atom stereocenters. The molecule has 3 aromatic rings. The number of rotatable bonds is 6. The van der Waals surface area contributed by atoms with Crippen LogP contribution in [0.25, 0.3) is 11.5 Å². The number of aromatic amines is 1. The van der Waals surface area contributed by atoms with Crippen molar-refractivity contribution in [3.8, 4) is 11.5 Å². The molecule has 7 heteroatoms.